The lowest BCUT2D eigenvalue weighted by atomic mass is 9.95. The first-order valence-electron chi connectivity index (χ1n) is 8.43. The number of nitrogens with zero attached hydrogens (tertiary/aromatic N) is 2. The van der Waals surface area contributed by atoms with Crippen molar-refractivity contribution in [2.24, 2.45) is 11.8 Å². The van der Waals surface area contributed by atoms with Gasteiger partial charge in [0.15, 0.2) is 0 Å². The summed E-state index contributed by atoms with van der Waals surface area (Å²) in [4.78, 5) is 4.61. The van der Waals surface area contributed by atoms with Crippen LogP contribution in [0.1, 0.15) is 63.3 Å². The first-order valence-corrected chi connectivity index (χ1v) is 8.43. The Labute approximate surface area is 126 Å². The molecule has 0 aliphatic heterocycles. The number of nitrogens with one attached hydrogen (secondary N) is 1. The molecule has 2 fully saturated rings. The minimum atomic E-state index is 0.0343. The predicted octanol–water partition coefficient (Wildman–Crippen LogP) is 2.88. The van der Waals surface area contributed by atoms with Crippen LogP contribution < -0.4 is 5.32 Å². The van der Waals surface area contributed by atoms with Crippen molar-refractivity contribution in [1.82, 2.24) is 15.5 Å². The van der Waals surface area contributed by atoms with Crippen molar-refractivity contribution < 1.29 is 9.26 Å². The van der Waals surface area contributed by atoms with Gasteiger partial charge >= 0.3 is 0 Å². The van der Waals surface area contributed by atoms with Gasteiger partial charge in [-0.15, -0.1) is 0 Å². The average Bonchev–Trinajstić information content (AvgIpc) is 3.01. The van der Waals surface area contributed by atoms with Gasteiger partial charge in [0.2, 0.25) is 11.7 Å². The van der Waals surface area contributed by atoms with E-state index in [9.17, 15) is 0 Å². The van der Waals surface area contributed by atoms with Gasteiger partial charge in [0, 0.05) is 19.1 Å². The summed E-state index contributed by atoms with van der Waals surface area (Å²) in [5.74, 6) is 2.83. The van der Waals surface area contributed by atoms with E-state index in [0.29, 0.717) is 18.6 Å². The molecule has 2 aliphatic rings. The molecule has 0 aromatic carbocycles. The Bertz CT molecular complexity index is 438. The standard InChI is InChI=1S/C16H27N3O2/c1-3-20-15(12-8-9-12)16-18-14(21-19-16)10-13(17-2)11-6-4-5-7-11/h11-13,15,17H,3-10H2,1-2H3. The fourth-order valence-corrected chi connectivity index (χ4v) is 3.52. The van der Waals surface area contributed by atoms with Crippen LogP contribution in [0.5, 0.6) is 0 Å². The van der Waals surface area contributed by atoms with Gasteiger partial charge in [-0.25, -0.2) is 0 Å². The lowest BCUT2D eigenvalue weighted by molar-refractivity contribution is 0.0384. The van der Waals surface area contributed by atoms with E-state index in [4.69, 9.17) is 9.26 Å². The molecular weight excluding hydrogens is 266 g/mol. The van der Waals surface area contributed by atoms with Crippen LogP contribution in [0.25, 0.3) is 0 Å². The normalized spacial score (nSPS) is 22.6. The van der Waals surface area contributed by atoms with E-state index >= 15 is 0 Å². The summed E-state index contributed by atoms with van der Waals surface area (Å²) in [6.45, 7) is 2.72. The van der Waals surface area contributed by atoms with Gasteiger partial charge in [0.1, 0.15) is 6.10 Å². The molecule has 1 aromatic heterocycles. The van der Waals surface area contributed by atoms with Crippen LogP contribution in [-0.2, 0) is 11.2 Å². The van der Waals surface area contributed by atoms with E-state index < -0.39 is 0 Å². The first-order chi connectivity index (χ1) is 10.3. The van der Waals surface area contributed by atoms with Crippen molar-refractivity contribution in [3.8, 4) is 0 Å². The molecule has 1 aromatic rings. The Balaban J connectivity index is 1.63. The summed E-state index contributed by atoms with van der Waals surface area (Å²) in [5, 5.41) is 7.60. The number of aromatic nitrogens is 2. The van der Waals surface area contributed by atoms with Crippen LogP contribution in [0.3, 0.4) is 0 Å². The molecule has 0 spiro atoms. The quantitative estimate of drug-likeness (QED) is 0.798. The maximum atomic E-state index is 5.80. The van der Waals surface area contributed by atoms with Crippen molar-refractivity contribution >= 4 is 0 Å². The monoisotopic (exact) mass is 293 g/mol. The van der Waals surface area contributed by atoms with Gasteiger partial charge in [0.25, 0.3) is 0 Å². The summed E-state index contributed by atoms with van der Waals surface area (Å²) in [7, 11) is 2.04. The van der Waals surface area contributed by atoms with Gasteiger partial charge in [-0.3, -0.25) is 0 Å². The number of hydrogen-bond donors (Lipinski definition) is 1. The molecule has 5 nitrogen and oxygen atoms in total. The maximum Gasteiger partial charge on any atom is 0.228 e. The van der Waals surface area contributed by atoms with E-state index in [2.05, 4.69) is 15.5 Å². The van der Waals surface area contributed by atoms with Gasteiger partial charge in [0.05, 0.1) is 0 Å². The van der Waals surface area contributed by atoms with Gasteiger partial charge in [-0.2, -0.15) is 4.98 Å². The zero-order valence-electron chi connectivity index (χ0n) is 13.2. The van der Waals surface area contributed by atoms with Crippen LogP contribution in [0.2, 0.25) is 0 Å². The van der Waals surface area contributed by atoms with Crippen LogP contribution in [0.4, 0.5) is 0 Å². The summed E-state index contributed by atoms with van der Waals surface area (Å²) in [5.41, 5.74) is 0. The highest BCUT2D eigenvalue weighted by atomic mass is 16.5. The Hall–Kier alpha value is -0.940. The van der Waals surface area contributed by atoms with Crippen molar-refractivity contribution in [3.63, 3.8) is 0 Å². The zero-order valence-corrected chi connectivity index (χ0v) is 13.2. The Kier molecular flexibility index (Phi) is 4.91. The molecule has 1 N–H and O–H groups in total. The highest BCUT2D eigenvalue weighted by Gasteiger charge is 2.36. The topological polar surface area (TPSA) is 60.2 Å². The van der Waals surface area contributed by atoms with Crippen molar-refractivity contribution in [3.05, 3.63) is 11.7 Å². The second-order valence-corrected chi connectivity index (χ2v) is 6.40. The molecule has 118 valence electrons. The number of rotatable bonds is 8. The Morgan fingerprint density at radius 2 is 2.00 bits per heavy atom. The second kappa shape index (κ2) is 6.88. The SMILES string of the molecule is CCOC(c1noc(CC(NC)C2CCCC2)n1)C1CC1. The summed E-state index contributed by atoms with van der Waals surface area (Å²) < 4.78 is 11.3. The molecule has 0 saturated heterocycles. The number of ether oxygens (including phenoxy) is 1. The molecule has 21 heavy (non-hydrogen) atoms. The summed E-state index contributed by atoms with van der Waals surface area (Å²) >= 11 is 0. The second-order valence-electron chi connectivity index (χ2n) is 6.40. The Morgan fingerprint density at radius 3 is 2.62 bits per heavy atom. The van der Waals surface area contributed by atoms with Crippen molar-refractivity contribution in [2.45, 2.75) is 64.0 Å². The van der Waals surface area contributed by atoms with E-state index in [-0.39, 0.29) is 6.10 Å². The molecule has 3 rings (SSSR count). The highest BCUT2D eigenvalue weighted by Crippen LogP contribution is 2.42. The van der Waals surface area contributed by atoms with E-state index in [1.165, 1.54) is 38.5 Å². The zero-order chi connectivity index (χ0) is 14.7. The smallest absolute Gasteiger partial charge is 0.228 e. The third-order valence-corrected chi connectivity index (χ3v) is 4.87. The number of likely N-dealkylation sites (N-methyl/N-ethyl adjacent to an activating group) is 1. The molecule has 0 radical (unpaired) electrons. The molecule has 5 heteroatoms. The summed E-state index contributed by atoms with van der Waals surface area (Å²) in [6, 6.07) is 0.451. The maximum absolute atomic E-state index is 5.80. The van der Waals surface area contributed by atoms with Crippen LogP contribution in [0.15, 0.2) is 4.52 Å². The fourth-order valence-electron chi connectivity index (χ4n) is 3.52. The minimum absolute atomic E-state index is 0.0343. The minimum Gasteiger partial charge on any atom is -0.370 e. The predicted molar refractivity (Wildman–Crippen MR) is 79.9 cm³/mol. The van der Waals surface area contributed by atoms with E-state index in [0.717, 1.165) is 24.1 Å². The number of hydrogen-bond acceptors (Lipinski definition) is 5. The molecule has 2 unspecified atom stereocenters. The largest absolute Gasteiger partial charge is 0.370 e. The third kappa shape index (κ3) is 3.64. The summed E-state index contributed by atoms with van der Waals surface area (Å²) in [6.07, 6.45) is 8.64. The first kappa shape index (κ1) is 15.0. The van der Waals surface area contributed by atoms with Gasteiger partial charge in [-0.05, 0) is 51.5 Å². The molecule has 2 saturated carbocycles. The molecule has 2 atom stereocenters. The van der Waals surface area contributed by atoms with Gasteiger partial charge in [-0.1, -0.05) is 18.0 Å². The van der Waals surface area contributed by atoms with Crippen LogP contribution in [-0.4, -0.2) is 29.8 Å². The van der Waals surface area contributed by atoms with Crippen molar-refractivity contribution in [2.75, 3.05) is 13.7 Å². The lowest BCUT2D eigenvalue weighted by Crippen LogP contribution is -2.34. The van der Waals surface area contributed by atoms with Crippen molar-refractivity contribution in [1.29, 1.82) is 0 Å². The molecular formula is C16H27N3O2. The third-order valence-electron chi connectivity index (χ3n) is 4.87. The molecule has 0 amide bonds. The van der Waals surface area contributed by atoms with Gasteiger partial charge < -0.3 is 14.6 Å². The Morgan fingerprint density at radius 1 is 1.24 bits per heavy atom. The highest BCUT2D eigenvalue weighted by molar-refractivity contribution is 5.00. The van der Waals surface area contributed by atoms with Crippen LogP contribution >= 0.6 is 0 Å². The molecule has 1 heterocycles. The average molecular weight is 293 g/mol. The van der Waals surface area contributed by atoms with Crippen LogP contribution in [0, 0.1) is 11.8 Å². The molecule has 2 aliphatic carbocycles. The fraction of sp³-hybridized carbons (Fsp3) is 0.875. The van der Waals surface area contributed by atoms with E-state index in [1.807, 2.05) is 14.0 Å². The lowest BCUT2D eigenvalue weighted by Gasteiger charge is -2.20. The molecule has 0 bridgehead atoms. The van der Waals surface area contributed by atoms with E-state index in [1.54, 1.807) is 0 Å².